The smallest absolute Gasteiger partial charge is 0.159 e. The van der Waals surface area contributed by atoms with Gasteiger partial charge in [-0.25, -0.2) is 0 Å². The maximum Gasteiger partial charge on any atom is 0.159 e. The number of ether oxygens (including phenoxy) is 1. The molecule has 2 rings (SSSR count). The van der Waals surface area contributed by atoms with E-state index in [-0.39, 0.29) is 5.78 Å². The quantitative estimate of drug-likeness (QED) is 0.660. The monoisotopic (exact) mass is 241 g/mol. The standard InChI is InChI=1S/C15H15NO2/c1-10-9-13(16)5-8-15(10)18-14-6-3-12(4-7-14)11(2)17/h3-9H,16H2,1-2H3. The van der Waals surface area contributed by atoms with Crippen molar-refractivity contribution in [3.63, 3.8) is 0 Å². The van der Waals surface area contributed by atoms with E-state index in [0.717, 1.165) is 11.3 Å². The van der Waals surface area contributed by atoms with Crippen LogP contribution in [0.4, 0.5) is 5.69 Å². The van der Waals surface area contributed by atoms with Gasteiger partial charge in [0.15, 0.2) is 5.78 Å². The average Bonchev–Trinajstić information content (AvgIpc) is 2.33. The summed E-state index contributed by atoms with van der Waals surface area (Å²) in [6.45, 7) is 3.48. The second-order valence-electron chi connectivity index (χ2n) is 4.21. The fourth-order valence-electron chi connectivity index (χ4n) is 1.67. The van der Waals surface area contributed by atoms with Crippen LogP contribution in [0, 0.1) is 6.92 Å². The molecule has 0 aliphatic heterocycles. The highest BCUT2D eigenvalue weighted by atomic mass is 16.5. The SMILES string of the molecule is CC(=O)c1ccc(Oc2ccc(N)cc2C)cc1. The summed E-state index contributed by atoms with van der Waals surface area (Å²) in [5.41, 5.74) is 8.05. The molecule has 0 spiro atoms. The Morgan fingerprint density at radius 3 is 2.33 bits per heavy atom. The molecule has 2 aromatic rings. The van der Waals surface area contributed by atoms with E-state index in [1.54, 1.807) is 37.3 Å². The third-order valence-electron chi connectivity index (χ3n) is 2.69. The molecule has 0 bridgehead atoms. The van der Waals surface area contributed by atoms with Gasteiger partial charge in [-0.15, -0.1) is 0 Å². The zero-order valence-corrected chi connectivity index (χ0v) is 10.4. The van der Waals surface area contributed by atoms with E-state index < -0.39 is 0 Å². The predicted molar refractivity (Wildman–Crippen MR) is 72.1 cm³/mol. The van der Waals surface area contributed by atoms with Crippen LogP contribution in [0.1, 0.15) is 22.8 Å². The number of rotatable bonds is 3. The lowest BCUT2D eigenvalue weighted by atomic mass is 10.1. The van der Waals surface area contributed by atoms with Gasteiger partial charge in [-0.05, 0) is 61.9 Å². The minimum atomic E-state index is 0.0465. The molecule has 0 unspecified atom stereocenters. The number of nitrogen functional groups attached to an aromatic ring is 1. The lowest BCUT2D eigenvalue weighted by molar-refractivity contribution is 0.101. The molecule has 3 nitrogen and oxygen atoms in total. The zero-order chi connectivity index (χ0) is 13.1. The van der Waals surface area contributed by atoms with E-state index in [4.69, 9.17) is 10.5 Å². The first-order valence-electron chi connectivity index (χ1n) is 5.71. The molecule has 2 aromatic carbocycles. The Morgan fingerprint density at radius 1 is 1.11 bits per heavy atom. The fourth-order valence-corrected chi connectivity index (χ4v) is 1.67. The number of aryl methyl sites for hydroxylation is 1. The molecule has 0 saturated heterocycles. The third kappa shape index (κ3) is 2.69. The summed E-state index contributed by atoms with van der Waals surface area (Å²) < 4.78 is 5.73. The molecule has 18 heavy (non-hydrogen) atoms. The molecule has 0 amide bonds. The lowest BCUT2D eigenvalue weighted by Crippen LogP contribution is -1.93. The van der Waals surface area contributed by atoms with Crippen molar-refractivity contribution in [1.82, 2.24) is 0 Å². The van der Waals surface area contributed by atoms with Gasteiger partial charge in [0.1, 0.15) is 11.5 Å². The summed E-state index contributed by atoms with van der Waals surface area (Å²) >= 11 is 0. The van der Waals surface area contributed by atoms with E-state index in [9.17, 15) is 4.79 Å². The Kier molecular flexibility index (Phi) is 3.33. The van der Waals surface area contributed by atoms with Crippen LogP contribution in [-0.4, -0.2) is 5.78 Å². The second-order valence-corrected chi connectivity index (χ2v) is 4.21. The van der Waals surface area contributed by atoms with Gasteiger partial charge < -0.3 is 10.5 Å². The zero-order valence-electron chi connectivity index (χ0n) is 10.4. The van der Waals surface area contributed by atoms with Crippen LogP contribution in [-0.2, 0) is 0 Å². The highest BCUT2D eigenvalue weighted by molar-refractivity contribution is 5.94. The highest BCUT2D eigenvalue weighted by Crippen LogP contribution is 2.26. The molecule has 0 aromatic heterocycles. The van der Waals surface area contributed by atoms with Crippen LogP contribution < -0.4 is 10.5 Å². The highest BCUT2D eigenvalue weighted by Gasteiger charge is 2.03. The minimum absolute atomic E-state index is 0.0465. The molecule has 0 fully saturated rings. The first-order valence-corrected chi connectivity index (χ1v) is 5.71. The van der Waals surface area contributed by atoms with Crippen molar-refractivity contribution in [3.05, 3.63) is 53.6 Å². The molecule has 0 atom stereocenters. The number of anilines is 1. The number of ketones is 1. The first-order chi connectivity index (χ1) is 8.56. The maximum absolute atomic E-state index is 11.2. The summed E-state index contributed by atoms with van der Waals surface area (Å²) in [5, 5.41) is 0. The van der Waals surface area contributed by atoms with Gasteiger partial charge in [0.05, 0.1) is 0 Å². The van der Waals surface area contributed by atoms with E-state index in [0.29, 0.717) is 17.0 Å². The number of hydrogen-bond acceptors (Lipinski definition) is 3. The molecular formula is C15H15NO2. The topological polar surface area (TPSA) is 52.3 Å². The van der Waals surface area contributed by atoms with E-state index in [1.165, 1.54) is 0 Å². The van der Waals surface area contributed by atoms with Crippen LogP contribution in [0.25, 0.3) is 0 Å². The molecule has 0 aliphatic rings. The summed E-state index contributed by atoms with van der Waals surface area (Å²) in [6, 6.07) is 12.6. The van der Waals surface area contributed by atoms with Gasteiger partial charge in [0, 0.05) is 11.3 Å². The number of Topliss-reactive ketones (excluding diaryl/α,β-unsaturated/α-hetero) is 1. The van der Waals surface area contributed by atoms with Gasteiger partial charge in [-0.2, -0.15) is 0 Å². The molecule has 0 saturated carbocycles. The molecule has 0 radical (unpaired) electrons. The number of nitrogens with two attached hydrogens (primary N) is 1. The van der Waals surface area contributed by atoms with Crippen LogP contribution in [0.3, 0.4) is 0 Å². The molecule has 0 aliphatic carbocycles. The Labute approximate surface area is 106 Å². The largest absolute Gasteiger partial charge is 0.457 e. The van der Waals surface area contributed by atoms with Crippen LogP contribution >= 0.6 is 0 Å². The van der Waals surface area contributed by atoms with E-state index >= 15 is 0 Å². The van der Waals surface area contributed by atoms with Crippen LogP contribution in [0.15, 0.2) is 42.5 Å². The number of hydrogen-bond donors (Lipinski definition) is 1. The summed E-state index contributed by atoms with van der Waals surface area (Å²) in [6.07, 6.45) is 0. The normalized spacial score (nSPS) is 10.1. The van der Waals surface area contributed by atoms with Crippen molar-refractivity contribution in [3.8, 4) is 11.5 Å². The minimum Gasteiger partial charge on any atom is -0.457 e. The Morgan fingerprint density at radius 2 is 1.78 bits per heavy atom. The van der Waals surface area contributed by atoms with Gasteiger partial charge in [-0.1, -0.05) is 0 Å². The molecule has 0 heterocycles. The average molecular weight is 241 g/mol. The Hall–Kier alpha value is -2.29. The summed E-state index contributed by atoms with van der Waals surface area (Å²) in [5.74, 6) is 1.51. The van der Waals surface area contributed by atoms with Crippen LogP contribution in [0.5, 0.6) is 11.5 Å². The lowest BCUT2D eigenvalue weighted by Gasteiger charge is -2.09. The molecule has 3 heteroatoms. The summed E-state index contributed by atoms with van der Waals surface area (Å²) in [4.78, 5) is 11.2. The van der Waals surface area contributed by atoms with E-state index in [2.05, 4.69) is 0 Å². The van der Waals surface area contributed by atoms with Crippen LogP contribution in [0.2, 0.25) is 0 Å². The van der Waals surface area contributed by atoms with Gasteiger partial charge in [0.25, 0.3) is 0 Å². The van der Waals surface area contributed by atoms with Crippen molar-refractivity contribution in [1.29, 1.82) is 0 Å². The van der Waals surface area contributed by atoms with Crippen molar-refractivity contribution >= 4 is 11.5 Å². The van der Waals surface area contributed by atoms with Gasteiger partial charge >= 0.3 is 0 Å². The summed E-state index contributed by atoms with van der Waals surface area (Å²) in [7, 11) is 0. The number of carbonyl (C=O) groups excluding carboxylic acids is 1. The number of carbonyl (C=O) groups is 1. The molecule has 92 valence electrons. The van der Waals surface area contributed by atoms with Crippen molar-refractivity contribution in [2.24, 2.45) is 0 Å². The van der Waals surface area contributed by atoms with Crippen molar-refractivity contribution in [2.45, 2.75) is 13.8 Å². The third-order valence-corrected chi connectivity index (χ3v) is 2.69. The Bertz CT molecular complexity index is 574. The van der Waals surface area contributed by atoms with E-state index in [1.807, 2.05) is 19.1 Å². The maximum atomic E-state index is 11.2. The van der Waals surface area contributed by atoms with Crippen molar-refractivity contribution in [2.75, 3.05) is 5.73 Å². The molecular weight excluding hydrogens is 226 g/mol. The van der Waals surface area contributed by atoms with Gasteiger partial charge in [0.2, 0.25) is 0 Å². The Balaban J connectivity index is 2.21. The second kappa shape index (κ2) is 4.92. The van der Waals surface area contributed by atoms with Gasteiger partial charge in [-0.3, -0.25) is 4.79 Å². The predicted octanol–water partition coefficient (Wildman–Crippen LogP) is 3.57. The first kappa shape index (κ1) is 12.2. The molecule has 2 N–H and O–H groups in total. The fraction of sp³-hybridized carbons (Fsp3) is 0.133. The van der Waals surface area contributed by atoms with Crippen molar-refractivity contribution < 1.29 is 9.53 Å². The number of benzene rings is 2.